The second kappa shape index (κ2) is 9.80. The molecule has 1 aromatic rings. The Morgan fingerprint density at radius 2 is 1.95 bits per heavy atom. The number of carboxylic acids is 1. The molecule has 0 heterocycles. The van der Waals surface area contributed by atoms with E-state index in [0.29, 0.717) is 6.42 Å². The van der Waals surface area contributed by atoms with Crippen molar-refractivity contribution < 1.29 is 19.4 Å². The highest BCUT2D eigenvalue weighted by molar-refractivity contribution is 5.72. The minimum atomic E-state index is -0.880. The number of amides is 1. The van der Waals surface area contributed by atoms with Crippen LogP contribution in [0.4, 0.5) is 4.79 Å². The van der Waals surface area contributed by atoms with Crippen molar-refractivity contribution in [1.29, 1.82) is 0 Å². The molecule has 0 aliphatic rings. The molecule has 0 aliphatic heterocycles. The predicted octanol–water partition coefficient (Wildman–Crippen LogP) is 3.19. The SMILES string of the molecule is CCCCC[C@@H](CNC(=O)OCc1ccccc1)C(=O)O. The summed E-state index contributed by atoms with van der Waals surface area (Å²) < 4.78 is 5.04. The Kier molecular flexibility index (Phi) is 7.94. The maximum atomic E-state index is 11.5. The summed E-state index contributed by atoms with van der Waals surface area (Å²) in [6.07, 6.45) is 2.89. The van der Waals surface area contributed by atoms with Gasteiger partial charge in [-0.15, -0.1) is 0 Å². The van der Waals surface area contributed by atoms with Gasteiger partial charge in [-0.2, -0.15) is 0 Å². The molecule has 0 aliphatic carbocycles. The Morgan fingerprint density at radius 3 is 2.57 bits per heavy atom. The molecule has 1 aromatic carbocycles. The summed E-state index contributed by atoms with van der Waals surface area (Å²) in [5.74, 6) is -1.43. The zero-order valence-corrected chi connectivity index (χ0v) is 12.4. The molecule has 21 heavy (non-hydrogen) atoms. The van der Waals surface area contributed by atoms with Crippen LogP contribution in [0.15, 0.2) is 30.3 Å². The molecule has 2 N–H and O–H groups in total. The maximum Gasteiger partial charge on any atom is 0.407 e. The summed E-state index contributed by atoms with van der Waals surface area (Å²) in [6.45, 7) is 2.35. The fourth-order valence-corrected chi connectivity index (χ4v) is 1.93. The van der Waals surface area contributed by atoms with Crippen molar-refractivity contribution in [1.82, 2.24) is 5.32 Å². The standard InChI is InChI=1S/C16H23NO4/c1-2-3-5-10-14(15(18)19)11-17-16(20)21-12-13-8-6-4-7-9-13/h4,6-9,14H,2-3,5,10-12H2,1H3,(H,17,20)(H,18,19)/t14-/m0/s1. The molecule has 0 saturated heterocycles. The van der Waals surface area contributed by atoms with Gasteiger partial charge in [0.2, 0.25) is 0 Å². The van der Waals surface area contributed by atoms with Crippen LogP contribution in [0, 0.1) is 5.92 Å². The average molecular weight is 293 g/mol. The van der Waals surface area contributed by atoms with Crippen molar-refractivity contribution in [2.24, 2.45) is 5.92 Å². The quantitative estimate of drug-likeness (QED) is 0.686. The van der Waals surface area contributed by atoms with Crippen LogP contribution in [-0.2, 0) is 16.1 Å². The van der Waals surface area contributed by atoms with E-state index < -0.39 is 18.0 Å². The number of nitrogens with one attached hydrogen (secondary N) is 1. The van der Waals surface area contributed by atoms with Crippen LogP contribution >= 0.6 is 0 Å². The number of ether oxygens (including phenoxy) is 1. The molecule has 116 valence electrons. The minimum absolute atomic E-state index is 0.104. The van der Waals surface area contributed by atoms with E-state index in [0.717, 1.165) is 24.8 Å². The fourth-order valence-electron chi connectivity index (χ4n) is 1.93. The highest BCUT2D eigenvalue weighted by Gasteiger charge is 2.18. The Morgan fingerprint density at radius 1 is 1.24 bits per heavy atom. The van der Waals surface area contributed by atoms with Gasteiger partial charge in [0, 0.05) is 6.54 Å². The molecule has 1 atom stereocenters. The maximum absolute atomic E-state index is 11.5. The van der Waals surface area contributed by atoms with Gasteiger partial charge in [-0.1, -0.05) is 56.5 Å². The molecule has 1 amide bonds. The first-order valence-electron chi connectivity index (χ1n) is 7.30. The Bertz CT molecular complexity index is 433. The van der Waals surface area contributed by atoms with Crippen LogP contribution < -0.4 is 5.32 Å². The molecule has 0 spiro atoms. The van der Waals surface area contributed by atoms with Crippen molar-refractivity contribution in [3.05, 3.63) is 35.9 Å². The smallest absolute Gasteiger partial charge is 0.407 e. The van der Waals surface area contributed by atoms with Gasteiger partial charge in [-0.05, 0) is 12.0 Å². The van der Waals surface area contributed by atoms with E-state index in [1.54, 1.807) is 0 Å². The molecule has 0 aromatic heterocycles. The van der Waals surface area contributed by atoms with E-state index in [-0.39, 0.29) is 13.2 Å². The van der Waals surface area contributed by atoms with Crippen molar-refractivity contribution in [3.8, 4) is 0 Å². The van der Waals surface area contributed by atoms with Crippen LogP contribution in [0.2, 0.25) is 0 Å². The number of carbonyl (C=O) groups is 2. The van der Waals surface area contributed by atoms with E-state index in [4.69, 9.17) is 9.84 Å². The Labute approximate surface area is 125 Å². The van der Waals surface area contributed by atoms with Crippen LogP contribution in [0.25, 0.3) is 0 Å². The molecule has 0 saturated carbocycles. The first kappa shape index (κ1) is 17.0. The predicted molar refractivity (Wildman–Crippen MR) is 79.9 cm³/mol. The average Bonchev–Trinajstić information content (AvgIpc) is 2.49. The normalized spacial score (nSPS) is 11.7. The first-order chi connectivity index (χ1) is 10.1. The summed E-state index contributed by atoms with van der Waals surface area (Å²) in [5.41, 5.74) is 0.894. The molecule has 5 nitrogen and oxygen atoms in total. The third kappa shape index (κ3) is 7.34. The lowest BCUT2D eigenvalue weighted by atomic mass is 10.0. The Balaban J connectivity index is 2.27. The number of rotatable bonds is 9. The third-order valence-electron chi connectivity index (χ3n) is 3.21. The van der Waals surface area contributed by atoms with Gasteiger partial charge < -0.3 is 15.2 Å². The van der Waals surface area contributed by atoms with Crippen molar-refractivity contribution in [3.63, 3.8) is 0 Å². The highest BCUT2D eigenvalue weighted by atomic mass is 16.5. The third-order valence-corrected chi connectivity index (χ3v) is 3.21. The molecule has 5 heteroatoms. The minimum Gasteiger partial charge on any atom is -0.481 e. The number of alkyl carbamates (subject to hydrolysis) is 1. The largest absolute Gasteiger partial charge is 0.481 e. The topological polar surface area (TPSA) is 75.6 Å². The van der Waals surface area contributed by atoms with Crippen LogP contribution in [-0.4, -0.2) is 23.7 Å². The molecule has 0 fully saturated rings. The summed E-state index contributed by atoms with van der Waals surface area (Å²) in [7, 11) is 0. The number of aliphatic carboxylic acids is 1. The van der Waals surface area contributed by atoms with Gasteiger partial charge in [0.1, 0.15) is 6.61 Å². The second-order valence-corrected chi connectivity index (χ2v) is 4.97. The summed E-state index contributed by atoms with van der Waals surface area (Å²) in [5, 5.41) is 11.6. The second-order valence-electron chi connectivity index (χ2n) is 4.97. The number of carboxylic acid groups (broad SMARTS) is 1. The van der Waals surface area contributed by atoms with Gasteiger partial charge >= 0.3 is 12.1 Å². The Hall–Kier alpha value is -2.04. The van der Waals surface area contributed by atoms with E-state index in [9.17, 15) is 9.59 Å². The van der Waals surface area contributed by atoms with E-state index in [2.05, 4.69) is 12.2 Å². The van der Waals surface area contributed by atoms with Crippen molar-refractivity contribution in [2.75, 3.05) is 6.54 Å². The van der Waals surface area contributed by atoms with Crippen molar-refractivity contribution >= 4 is 12.1 Å². The monoisotopic (exact) mass is 293 g/mol. The molecule has 0 unspecified atom stereocenters. The summed E-state index contributed by atoms with van der Waals surface area (Å²) >= 11 is 0. The van der Waals surface area contributed by atoms with Gasteiger partial charge in [0.05, 0.1) is 5.92 Å². The van der Waals surface area contributed by atoms with Gasteiger partial charge in [0.15, 0.2) is 0 Å². The first-order valence-corrected chi connectivity index (χ1v) is 7.30. The van der Waals surface area contributed by atoms with Gasteiger partial charge in [-0.3, -0.25) is 4.79 Å². The number of benzene rings is 1. The lowest BCUT2D eigenvalue weighted by molar-refractivity contribution is -0.141. The lowest BCUT2D eigenvalue weighted by Gasteiger charge is -2.13. The van der Waals surface area contributed by atoms with E-state index in [1.807, 2.05) is 30.3 Å². The zero-order chi connectivity index (χ0) is 15.5. The van der Waals surface area contributed by atoms with E-state index in [1.165, 1.54) is 0 Å². The summed E-state index contributed by atoms with van der Waals surface area (Å²) in [4.78, 5) is 22.6. The summed E-state index contributed by atoms with van der Waals surface area (Å²) in [6, 6.07) is 9.34. The molecule has 0 radical (unpaired) electrons. The van der Waals surface area contributed by atoms with Crippen LogP contribution in [0.5, 0.6) is 0 Å². The highest BCUT2D eigenvalue weighted by Crippen LogP contribution is 2.09. The lowest BCUT2D eigenvalue weighted by Crippen LogP contribution is -2.33. The van der Waals surface area contributed by atoms with Gasteiger partial charge in [0.25, 0.3) is 0 Å². The molecule has 0 bridgehead atoms. The number of hydrogen-bond donors (Lipinski definition) is 2. The van der Waals surface area contributed by atoms with Crippen LogP contribution in [0.3, 0.4) is 0 Å². The van der Waals surface area contributed by atoms with E-state index >= 15 is 0 Å². The van der Waals surface area contributed by atoms with Gasteiger partial charge in [-0.25, -0.2) is 4.79 Å². The molecular weight excluding hydrogens is 270 g/mol. The number of unbranched alkanes of at least 4 members (excludes halogenated alkanes) is 2. The zero-order valence-electron chi connectivity index (χ0n) is 12.4. The van der Waals surface area contributed by atoms with Crippen molar-refractivity contribution in [2.45, 2.75) is 39.2 Å². The molecular formula is C16H23NO4. The fraction of sp³-hybridized carbons (Fsp3) is 0.500. The number of hydrogen-bond acceptors (Lipinski definition) is 3. The van der Waals surface area contributed by atoms with Crippen LogP contribution in [0.1, 0.15) is 38.2 Å². The number of carbonyl (C=O) groups excluding carboxylic acids is 1. The molecule has 1 rings (SSSR count).